The number of nitrogens with one attached hydrogen (secondary N) is 1. The summed E-state index contributed by atoms with van der Waals surface area (Å²) in [7, 11) is 0. The molecule has 0 radical (unpaired) electrons. The zero-order chi connectivity index (χ0) is 14.2. The van der Waals surface area contributed by atoms with Gasteiger partial charge in [0, 0.05) is 12.4 Å². The van der Waals surface area contributed by atoms with Crippen molar-refractivity contribution in [3.63, 3.8) is 0 Å². The molecule has 5 nitrogen and oxygen atoms in total. The lowest BCUT2D eigenvalue weighted by atomic mass is 9.88. The van der Waals surface area contributed by atoms with Crippen molar-refractivity contribution in [1.29, 1.82) is 0 Å². The fourth-order valence-corrected chi connectivity index (χ4v) is 3.11. The molecule has 2 aromatic heterocycles. The second kappa shape index (κ2) is 4.84. The first kappa shape index (κ1) is 12.3. The predicted octanol–water partition coefficient (Wildman–Crippen LogP) is 2.92. The molecule has 3 aromatic rings. The van der Waals surface area contributed by atoms with Crippen molar-refractivity contribution < 1.29 is 0 Å². The Hall–Kier alpha value is -2.43. The topological polar surface area (TPSA) is 55.1 Å². The minimum absolute atomic E-state index is 0.297. The average molecular weight is 279 g/mol. The van der Waals surface area contributed by atoms with Gasteiger partial charge in [-0.1, -0.05) is 24.3 Å². The quantitative estimate of drug-likeness (QED) is 0.783. The number of anilines is 1. The molecular formula is C16H17N5. The number of aromatic nitrogens is 4. The third kappa shape index (κ3) is 2.05. The third-order valence-corrected chi connectivity index (χ3v) is 4.18. The van der Waals surface area contributed by atoms with E-state index in [0.717, 1.165) is 30.1 Å². The number of rotatable bonds is 2. The number of aryl methyl sites for hydroxylation is 2. The van der Waals surface area contributed by atoms with Crippen LogP contribution in [-0.4, -0.2) is 19.6 Å². The van der Waals surface area contributed by atoms with Crippen LogP contribution in [0.4, 0.5) is 5.82 Å². The predicted molar refractivity (Wildman–Crippen MR) is 81.3 cm³/mol. The van der Waals surface area contributed by atoms with Crippen LogP contribution in [0.5, 0.6) is 0 Å². The van der Waals surface area contributed by atoms with Crippen LogP contribution in [0.15, 0.2) is 36.7 Å². The van der Waals surface area contributed by atoms with Crippen LogP contribution in [0.2, 0.25) is 0 Å². The summed E-state index contributed by atoms with van der Waals surface area (Å²) in [6, 6.07) is 8.95. The van der Waals surface area contributed by atoms with Crippen molar-refractivity contribution in [2.45, 2.75) is 32.2 Å². The molecule has 1 unspecified atom stereocenters. The monoisotopic (exact) mass is 279 g/mol. The van der Waals surface area contributed by atoms with Gasteiger partial charge in [0.25, 0.3) is 0 Å². The first-order valence-electron chi connectivity index (χ1n) is 7.33. The molecule has 0 amide bonds. The van der Waals surface area contributed by atoms with Crippen LogP contribution in [0.1, 0.15) is 35.8 Å². The van der Waals surface area contributed by atoms with Crippen LogP contribution in [0.25, 0.3) is 5.65 Å². The Balaban J connectivity index is 1.73. The number of hydrogen-bond acceptors (Lipinski definition) is 4. The van der Waals surface area contributed by atoms with E-state index < -0.39 is 0 Å². The highest BCUT2D eigenvalue weighted by Gasteiger charge is 2.21. The smallest absolute Gasteiger partial charge is 0.203 e. The number of benzene rings is 1. The molecule has 1 aliphatic rings. The fraction of sp³-hybridized carbons (Fsp3) is 0.312. The van der Waals surface area contributed by atoms with E-state index in [2.05, 4.69) is 44.8 Å². The van der Waals surface area contributed by atoms with E-state index in [4.69, 9.17) is 0 Å². The first-order chi connectivity index (χ1) is 10.3. The SMILES string of the molecule is Cc1nnc2c(NC3CCCc4ccccc43)nccn12. The Bertz CT molecular complexity index is 792. The van der Waals surface area contributed by atoms with Gasteiger partial charge in [0.15, 0.2) is 5.82 Å². The highest BCUT2D eigenvalue weighted by atomic mass is 15.3. The molecule has 21 heavy (non-hydrogen) atoms. The van der Waals surface area contributed by atoms with Crippen LogP contribution < -0.4 is 5.32 Å². The Labute approximate surface area is 123 Å². The molecule has 1 N–H and O–H groups in total. The molecule has 1 aromatic carbocycles. The van der Waals surface area contributed by atoms with Crippen molar-refractivity contribution >= 4 is 11.5 Å². The largest absolute Gasteiger partial charge is 0.360 e. The molecule has 0 spiro atoms. The van der Waals surface area contributed by atoms with Crippen molar-refractivity contribution in [3.05, 3.63) is 53.6 Å². The summed E-state index contributed by atoms with van der Waals surface area (Å²) in [5.74, 6) is 1.68. The van der Waals surface area contributed by atoms with Gasteiger partial charge in [0.2, 0.25) is 5.65 Å². The molecule has 0 aliphatic heterocycles. The first-order valence-corrected chi connectivity index (χ1v) is 7.33. The molecule has 0 fully saturated rings. The zero-order valence-corrected chi connectivity index (χ0v) is 12.0. The molecule has 5 heteroatoms. The summed E-state index contributed by atoms with van der Waals surface area (Å²) in [5.41, 5.74) is 3.60. The van der Waals surface area contributed by atoms with Gasteiger partial charge in [0.1, 0.15) is 5.82 Å². The van der Waals surface area contributed by atoms with E-state index in [1.54, 1.807) is 6.20 Å². The van der Waals surface area contributed by atoms with Crippen molar-refractivity contribution in [2.24, 2.45) is 0 Å². The molecule has 0 saturated heterocycles. The number of fused-ring (bicyclic) bond motifs is 2. The van der Waals surface area contributed by atoms with Crippen LogP contribution in [0.3, 0.4) is 0 Å². The highest BCUT2D eigenvalue weighted by Crippen LogP contribution is 2.32. The van der Waals surface area contributed by atoms with Crippen LogP contribution in [-0.2, 0) is 6.42 Å². The van der Waals surface area contributed by atoms with Gasteiger partial charge in [0.05, 0.1) is 6.04 Å². The maximum absolute atomic E-state index is 4.45. The Kier molecular flexibility index (Phi) is 2.84. The zero-order valence-electron chi connectivity index (χ0n) is 12.0. The number of hydrogen-bond donors (Lipinski definition) is 1. The normalized spacial score (nSPS) is 17.7. The van der Waals surface area contributed by atoms with Gasteiger partial charge in [-0.25, -0.2) is 4.98 Å². The summed E-state index contributed by atoms with van der Waals surface area (Å²) >= 11 is 0. The average Bonchev–Trinajstić information content (AvgIpc) is 2.90. The maximum Gasteiger partial charge on any atom is 0.203 e. The standard InChI is InChI=1S/C16H17N5/c1-11-19-20-16-15(17-9-10-21(11)16)18-14-8-4-6-12-5-2-3-7-13(12)14/h2-3,5,7,9-10,14H,4,6,8H2,1H3,(H,17,18). The van der Waals surface area contributed by atoms with Crippen molar-refractivity contribution in [2.75, 3.05) is 5.32 Å². The van der Waals surface area contributed by atoms with Gasteiger partial charge in [-0.3, -0.25) is 4.40 Å². The molecule has 1 aliphatic carbocycles. The fourth-order valence-electron chi connectivity index (χ4n) is 3.11. The van der Waals surface area contributed by atoms with Gasteiger partial charge in [-0.15, -0.1) is 10.2 Å². The second-order valence-corrected chi connectivity index (χ2v) is 5.50. The van der Waals surface area contributed by atoms with E-state index in [0.29, 0.717) is 6.04 Å². The number of nitrogens with zero attached hydrogens (tertiary/aromatic N) is 4. The Morgan fingerprint density at radius 1 is 1.24 bits per heavy atom. The minimum Gasteiger partial charge on any atom is -0.360 e. The lowest BCUT2D eigenvalue weighted by molar-refractivity contribution is 0.598. The minimum atomic E-state index is 0.297. The third-order valence-electron chi connectivity index (χ3n) is 4.18. The Morgan fingerprint density at radius 3 is 3.10 bits per heavy atom. The van der Waals surface area contributed by atoms with E-state index in [1.165, 1.54) is 17.5 Å². The molecule has 0 saturated carbocycles. The highest BCUT2D eigenvalue weighted by molar-refractivity contribution is 5.63. The summed E-state index contributed by atoms with van der Waals surface area (Å²) in [6.45, 7) is 1.94. The molecule has 0 bridgehead atoms. The maximum atomic E-state index is 4.45. The lowest BCUT2D eigenvalue weighted by Crippen LogP contribution is -2.18. The molecular weight excluding hydrogens is 262 g/mol. The Morgan fingerprint density at radius 2 is 2.14 bits per heavy atom. The summed E-state index contributed by atoms with van der Waals surface area (Å²) in [4.78, 5) is 4.45. The van der Waals surface area contributed by atoms with Gasteiger partial charge < -0.3 is 5.32 Å². The van der Waals surface area contributed by atoms with E-state index in [1.807, 2.05) is 17.5 Å². The van der Waals surface area contributed by atoms with E-state index in [9.17, 15) is 0 Å². The van der Waals surface area contributed by atoms with Crippen LogP contribution in [0, 0.1) is 6.92 Å². The van der Waals surface area contributed by atoms with Gasteiger partial charge in [-0.2, -0.15) is 0 Å². The van der Waals surface area contributed by atoms with E-state index >= 15 is 0 Å². The van der Waals surface area contributed by atoms with E-state index in [-0.39, 0.29) is 0 Å². The van der Waals surface area contributed by atoms with Crippen molar-refractivity contribution in [3.8, 4) is 0 Å². The summed E-state index contributed by atoms with van der Waals surface area (Å²) in [6.07, 6.45) is 7.16. The summed E-state index contributed by atoms with van der Waals surface area (Å²) in [5, 5.41) is 11.9. The lowest BCUT2D eigenvalue weighted by Gasteiger charge is -2.26. The van der Waals surface area contributed by atoms with Gasteiger partial charge >= 0.3 is 0 Å². The van der Waals surface area contributed by atoms with Gasteiger partial charge in [-0.05, 0) is 37.3 Å². The second-order valence-electron chi connectivity index (χ2n) is 5.50. The molecule has 1 atom stereocenters. The summed E-state index contributed by atoms with van der Waals surface area (Å²) < 4.78 is 1.96. The van der Waals surface area contributed by atoms with Crippen LogP contribution >= 0.6 is 0 Å². The molecule has 4 rings (SSSR count). The molecule has 2 heterocycles. The molecule has 106 valence electrons. The van der Waals surface area contributed by atoms with Crippen molar-refractivity contribution in [1.82, 2.24) is 19.6 Å².